The van der Waals surface area contributed by atoms with Gasteiger partial charge in [-0.1, -0.05) is 12.1 Å². The van der Waals surface area contributed by atoms with E-state index in [4.69, 9.17) is 0 Å². The Morgan fingerprint density at radius 3 is 2.32 bits per heavy atom. The highest BCUT2D eigenvalue weighted by Gasteiger charge is 2.32. The van der Waals surface area contributed by atoms with Gasteiger partial charge in [-0.25, -0.2) is 8.42 Å². The van der Waals surface area contributed by atoms with Gasteiger partial charge in [-0.2, -0.15) is 8.78 Å². The fourth-order valence-corrected chi connectivity index (χ4v) is 3.84. The third-order valence-corrected chi connectivity index (χ3v) is 5.76. The Morgan fingerprint density at radius 2 is 1.73 bits per heavy atom. The van der Waals surface area contributed by atoms with Gasteiger partial charge in [-0.15, -0.1) is 0 Å². The Morgan fingerprint density at radius 1 is 1.09 bits per heavy atom. The van der Waals surface area contributed by atoms with Crippen LogP contribution in [0.3, 0.4) is 0 Å². The molecule has 3 rings (SSSR count). The molecule has 1 aromatic carbocycles. The average Bonchev–Trinajstić information content (AvgIpc) is 3.32. The lowest BCUT2D eigenvalue weighted by Crippen LogP contribution is -2.47. The van der Waals surface area contributed by atoms with Crippen molar-refractivity contribution in [3.63, 3.8) is 0 Å². The second-order valence-electron chi connectivity index (χ2n) is 6.00. The quantitative estimate of drug-likeness (QED) is 0.830. The van der Waals surface area contributed by atoms with Crippen LogP contribution in [0.5, 0.6) is 0 Å². The van der Waals surface area contributed by atoms with Gasteiger partial charge in [0.1, 0.15) is 0 Å². The molecule has 0 radical (unpaired) electrons. The lowest BCUT2D eigenvalue weighted by molar-refractivity contribution is 0.234. The second-order valence-corrected chi connectivity index (χ2v) is 7.89. The Hall–Kier alpha value is -1.21. The molecule has 0 bridgehead atoms. The Balaban J connectivity index is 1.75. The first-order chi connectivity index (χ1) is 10.5. The van der Waals surface area contributed by atoms with Gasteiger partial charge in [0, 0.05) is 32.7 Å². The minimum absolute atomic E-state index is 0.263. The van der Waals surface area contributed by atoms with E-state index >= 15 is 0 Å². The van der Waals surface area contributed by atoms with E-state index in [9.17, 15) is 17.2 Å². The first-order valence-electron chi connectivity index (χ1n) is 7.57. The fraction of sp³-hybridized carbons (Fsp3) is 0.600. The standard InChI is InChI=1S/C15H20F2N2O2S/c16-15(17)22(20,21)14-4-2-1-3-13(14)19-9-7-18(8-10-19)11-12-5-6-12/h1-4,12,15H,5-11H2. The summed E-state index contributed by atoms with van der Waals surface area (Å²) < 4.78 is 49.3. The number of anilines is 1. The molecule has 0 spiro atoms. The highest BCUT2D eigenvalue weighted by Crippen LogP contribution is 2.32. The Kier molecular flexibility index (Phi) is 4.36. The molecule has 1 aromatic rings. The number of nitrogens with zero attached hydrogens (tertiary/aromatic N) is 2. The molecular weight excluding hydrogens is 310 g/mol. The lowest BCUT2D eigenvalue weighted by Gasteiger charge is -2.36. The van der Waals surface area contributed by atoms with Crippen LogP contribution >= 0.6 is 0 Å². The molecule has 7 heteroatoms. The summed E-state index contributed by atoms with van der Waals surface area (Å²) in [5, 5.41) is 0. The molecule has 0 atom stereocenters. The number of rotatable bonds is 5. The molecular formula is C15H20F2N2O2S. The van der Waals surface area contributed by atoms with E-state index < -0.39 is 15.6 Å². The van der Waals surface area contributed by atoms with Gasteiger partial charge in [0.05, 0.1) is 10.6 Å². The zero-order chi connectivity index (χ0) is 15.7. The van der Waals surface area contributed by atoms with Crippen molar-refractivity contribution in [3.05, 3.63) is 24.3 Å². The predicted molar refractivity (Wildman–Crippen MR) is 81.0 cm³/mol. The van der Waals surface area contributed by atoms with E-state index in [1.807, 2.05) is 4.90 Å². The summed E-state index contributed by atoms with van der Waals surface area (Å²) in [6.07, 6.45) is 2.60. The summed E-state index contributed by atoms with van der Waals surface area (Å²) >= 11 is 0. The molecule has 4 nitrogen and oxygen atoms in total. The largest absolute Gasteiger partial charge is 0.368 e. The molecule has 0 unspecified atom stereocenters. The maximum atomic E-state index is 12.8. The number of hydrogen-bond acceptors (Lipinski definition) is 4. The molecule has 1 saturated carbocycles. The fourth-order valence-electron chi connectivity index (χ4n) is 2.89. The summed E-state index contributed by atoms with van der Waals surface area (Å²) in [5.74, 6) is -2.57. The Labute approximate surface area is 129 Å². The van der Waals surface area contributed by atoms with Gasteiger partial charge in [-0.05, 0) is 30.9 Å². The molecule has 0 aromatic heterocycles. The maximum absolute atomic E-state index is 12.8. The van der Waals surface area contributed by atoms with Crippen LogP contribution in [0, 0.1) is 5.92 Å². The van der Waals surface area contributed by atoms with E-state index in [1.54, 1.807) is 12.1 Å². The van der Waals surface area contributed by atoms with Crippen LogP contribution in [-0.2, 0) is 9.84 Å². The molecule has 2 aliphatic rings. The van der Waals surface area contributed by atoms with Crippen LogP contribution < -0.4 is 4.90 Å². The number of sulfone groups is 1. The third-order valence-electron chi connectivity index (χ3n) is 4.33. The van der Waals surface area contributed by atoms with E-state index in [-0.39, 0.29) is 4.90 Å². The van der Waals surface area contributed by atoms with Crippen molar-refractivity contribution in [2.45, 2.75) is 23.5 Å². The van der Waals surface area contributed by atoms with Crippen LogP contribution in [-0.4, -0.2) is 51.8 Å². The van der Waals surface area contributed by atoms with E-state index in [1.165, 1.54) is 25.0 Å². The van der Waals surface area contributed by atoms with Crippen molar-refractivity contribution in [2.75, 3.05) is 37.6 Å². The van der Waals surface area contributed by atoms with Gasteiger partial charge in [0.25, 0.3) is 0 Å². The molecule has 0 amide bonds. The summed E-state index contributed by atoms with van der Waals surface area (Å²) in [6.45, 7) is 4.13. The van der Waals surface area contributed by atoms with Crippen LogP contribution in [0.25, 0.3) is 0 Å². The first-order valence-corrected chi connectivity index (χ1v) is 9.11. The number of halogens is 2. The van der Waals surface area contributed by atoms with Crippen molar-refractivity contribution in [1.29, 1.82) is 0 Å². The number of alkyl halides is 2. The summed E-state index contributed by atoms with van der Waals surface area (Å²) in [7, 11) is -4.57. The lowest BCUT2D eigenvalue weighted by atomic mass is 10.2. The molecule has 122 valence electrons. The van der Waals surface area contributed by atoms with Crippen LogP contribution in [0.1, 0.15) is 12.8 Å². The monoisotopic (exact) mass is 330 g/mol. The highest BCUT2D eigenvalue weighted by molar-refractivity contribution is 7.91. The zero-order valence-corrected chi connectivity index (χ0v) is 13.1. The third kappa shape index (κ3) is 3.25. The molecule has 1 saturated heterocycles. The van der Waals surface area contributed by atoms with Crippen molar-refractivity contribution in [3.8, 4) is 0 Å². The number of hydrogen-bond donors (Lipinski definition) is 0. The molecule has 22 heavy (non-hydrogen) atoms. The SMILES string of the molecule is O=S(=O)(c1ccccc1N1CCN(CC2CC2)CC1)C(F)F. The predicted octanol–water partition coefficient (Wildman–Crippen LogP) is 2.21. The van der Waals surface area contributed by atoms with Gasteiger partial charge < -0.3 is 4.90 Å². The van der Waals surface area contributed by atoms with Crippen molar-refractivity contribution < 1.29 is 17.2 Å². The number of benzene rings is 1. The zero-order valence-electron chi connectivity index (χ0n) is 12.3. The normalized spacial score (nSPS) is 20.6. The second kappa shape index (κ2) is 6.12. The Bertz CT molecular complexity index is 624. The van der Waals surface area contributed by atoms with Gasteiger partial charge in [0.2, 0.25) is 9.84 Å². The van der Waals surface area contributed by atoms with Gasteiger partial charge >= 0.3 is 5.76 Å². The van der Waals surface area contributed by atoms with Crippen LogP contribution in [0.2, 0.25) is 0 Å². The van der Waals surface area contributed by atoms with E-state index in [0.717, 1.165) is 25.6 Å². The topological polar surface area (TPSA) is 40.6 Å². The summed E-state index contributed by atoms with van der Waals surface area (Å²) in [4.78, 5) is 4.01. The minimum Gasteiger partial charge on any atom is -0.368 e. The molecule has 1 heterocycles. The smallest absolute Gasteiger partial charge is 0.341 e. The van der Waals surface area contributed by atoms with E-state index in [2.05, 4.69) is 4.90 Å². The first kappa shape index (κ1) is 15.7. The summed E-state index contributed by atoms with van der Waals surface area (Å²) in [5.41, 5.74) is 0.397. The van der Waals surface area contributed by atoms with Crippen molar-refractivity contribution in [1.82, 2.24) is 4.90 Å². The van der Waals surface area contributed by atoms with Crippen LogP contribution in [0.15, 0.2) is 29.2 Å². The minimum atomic E-state index is -4.57. The number of para-hydroxylation sites is 1. The number of piperazine rings is 1. The van der Waals surface area contributed by atoms with Gasteiger partial charge in [0.15, 0.2) is 0 Å². The average molecular weight is 330 g/mol. The maximum Gasteiger partial charge on any atom is 0.341 e. The van der Waals surface area contributed by atoms with Crippen LogP contribution in [0.4, 0.5) is 14.5 Å². The molecule has 1 aliphatic carbocycles. The summed E-state index contributed by atoms with van der Waals surface area (Å²) in [6, 6.07) is 6.07. The van der Waals surface area contributed by atoms with Crippen molar-refractivity contribution >= 4 is 15.5 Å². The molecule has 1 aliphatic heterocycles. The van der Waals surface area contributed by atoms with Gasteiger partial charge in [-0.3, -0.25) is 4.90 Å². The van der Waals surface area contributed by atoms with E-state index in [0.29, 0.717) is 18.8 Å². The molecule has 2 fully saturated rings. The molecule has 0 N–H and O–H groups in total. The highest BCUT2D eigenvalue weighted by atomic mass is 32.2. The van der Waals surface area contributed by atoms with Crippen molar-refractivity contribution in [2.24, 2.45) is 5.92 Å².